The van der Waals surface area contributed by atoms with Gasteiger partial charge >= 0.3 is 12.1 Å². The van der Waals surface area contributed by atoms with Gasteiger partial charge in [0, 0.05) is 13.0 Å². The van der Waals surface area contributed by atoms with E-state index >= 15 is 0 Å². The number of ether oxygens (including phenoxy) is 1. The minimum absolute atomic E-state index is 0.130. The fourth-order valence-corrected chi connectivity index (χ4v) is 8.25. The standard InChI is InChI=1S/C21H25NO4Si/c1-21(2,3)27(16-10-6-4-7-11-16,17-12-8-5-9-13-17)25-15-14-18-19(23)26-20(24)22-18/h4-13,18H,14-15H2,1-3H3,(H,22,24). The molecule has 0 saturated carbocycles. The lowest BCUT2D eigenvalue weighted by atomic mass is 10.2. The van der Waals surface area contributed by atoms with Crippen LogP contribution in [0, 0.1) is 0 Å². The second kappa shape index (κ2) is 7.66. The van der Waals surface area contributed by atoms with E-state index in [4.69, 9.17) is 4.43 Å². The van der Waals surface area contributed by atoms with E-state index in [1.54, 1.807) is 0 Å². The number of rotatable bonds is 6. The predicted molar refractivity (Wildman–Crippen MR) is 107 cm³/mol. The number of carbonyl (C=O) groups excluding carboxylic acids is 2. The van der Waals surface area contributed by atoms with E-state index in [1.165, 1.54) is 10.4 Å². The number of cyclic esters (lactones) is 2. The van der Waals surface area contributed by atoms with Gasteiger partial charge in [-0.05, 0) is 15.4 Å². The molecule has 1 N–H and O–H groups in total. The first-order valence-corrected chi connectivity index (χ1v) is 11.0. The number of esters is 1. The van der Waals surface area contributed by atoms with Crippen molar-refractivity contribution in [1.29, 1.82) is 0 Å². The fourth-order valence-electron chi connectivity index (χ4n) is 3.67. The largest absolute Gasteiger partial charge is 0.415 e. The Hall–Kier alpha value is -2.44. The van der Waals surface area contributed by atoms with Crippen molar-refractivity contribution >= 4 is 30.8 Å². The summed E-state index contributed by atoms with van der Waals surface area (Å²) in [6, 6.07) is 20.0. The molecule has 0 bridgehead atoms. The molecular weight excluding hydrogens is 358 g/mol. The van der Waals surface area contributed by atoms with Crippen molar-refractivity contribution in [3.05, 3.63) is 60.7 Å². The number of benzene rings is 2. The molecule has 0 spiro atoms. The van der Waals surface area contributed by atoms with Crippen molar-refractivity contribution in [2.45, 2.75) is 38.3 Å². The first kappa shape index (κ1) is 19.3. The predicted octanol–water partition coefficient (Wildman–Crippen LogP) is 2.59. The van der Waals surface area contributed by atoms with Gasteiger partial charge in [-0.1, -0.05) is 81.4 Å². The summed E-state index contributed by atoms with van der Waals surface area (Å²) in [5, 5.41) is 4.77. The van der Waals surface area contributed by atoms with Crippen LogP contribution in [-0.4, -0.2) is 33.0 Å². The van der Waals surface area contributed by atoms with E-state index in [2.05, 4.69) is 55.1 Å². The summed E-state index contributed by atoms with van der Waals surface area (Å²) in [5.41, 5.74) is 0. The molecule has 27 heavy (non-hydrogen) atoms. The van der Waals surface area contributed by atoms with E-state index in [0.717, 1.165) is 0 Å². The summed E-state index contributed by atoms with van der Waals surface area (Å²) < 4.78 is 11.3. The van der Waals surface area contributed by atoms with E-state index in [9.17, 15) is 9.59 Å². The zero-order valence-corrected chi connectivity index (χ0v) is 16.9. The maximum atomic E-state index is 11.7. The molecule has 2 aromatic carbocycles. The molecule has 1 amide bonds. The Morgan fingerprint density at radius 2 is 1.48 bits per heavy atom. The monoisotopic (exact) mass is 383 g/mol. The lowest BCUT2D eigenvalue weighted by Crippen LogP contribution is -2.66. The van der Waals surface area contributed by atoms with Crippen LogP contribution < -0.4 is 15.7 Å². The molecule has 1 saturated heterocycles. The third-order valence-corrected chi connectivity index (χ3v) is 9.95. The third-order valence-electron chi connectivity index (χ3n) is 4.91. The summed E-state index contributed by atoms with van der Waals surface area (Å²) in [5.74, 6) is -0.536. The van der Waals surface area contributed by atoms with Gasteiger partial charge in [-0.2, -0.15) is 0 Å². The number of hydrogen-bond donors (Lipinski definition) is 1. The molecule has 1 aliphatic heterocycles. The Morgan fingerprint density at radius 1 is 0.963 bits per heavy atom. The quantitative estimate of drug-likeness (QED) is 0.473. The van der Waals surface area contributed by atoms with Gasteiger partial charge in [-0.3, -0.25) is 0 Å². The van der Waals surface area contributed by atoms with Crippen molar-refractivity contribution in [3.63, 3.8) is 0 Å². The molecular formula is C21H25NO4Si. The number of carbonyl (C=O) groups is 2. The number of nitrogens with one attached hydrogen (secondary N) is 1. The van der Waals surface area contributed by atoms with Gasteiger partial charge in [-0.15, -0.1) is 0 Å². The van der Waals surface area contributed by atoms with Crippen molar-refractivity contribution in [2.75, 3.05) is 6.61 Å². The van der Waals surface area contributed by atoms with Crippen molar-refractivity contribution < 1.29 is 18.8 Å². The highest BCUT2D eigenvalue weighted by molar-refractivity contribution is 6.99. The minimum Gasteiger partial charge on any atom is -0.407 e. The second-order valence-corrected chi connectivity index (χ2v) is 12.0. The fraction of sp³-hybridized carbons (Fsp3) is 0.333. The summed E-state index contributed by atoms with van der Waals surface area (Å²) in [4.78, 5) is 23.0. The molecule has 1 heterocycles. The average molecular weight is 384 g/mol. The zero-order chi connectivity index (χ0) is 19.5. The molecule has 1 atom stereocenters. The van der Waals surface area contributed by atoms with Gasteiger partial charge in [0.1, 0.15) is 6.04 Å². The van der Waals surface area contributed by atoms with E-state index in [1.807, 2.05) is 36.4 Å². The topological polar surface area (TPSA) is 64.6 Å². The number of alkyl carbamates (subject to hydrolysis) is 1. The van der Waals surface area contributed by atoms with Gasteiger partial charge in [0.25, 0.3) is 8.32 Å². The number of amides is 1. The van der Waals surface area contributed by atoms with Gasteiger partial charge in [-0.25, -0.2) is 9.59 Å². The Labute approximate surface area is 160 Å². The summed E-state index contributed by atoms with van der Waals surface area (Å²) in [7, 11) is -2.63. The molecule has 1 unspecified atom stereocenters. The van der Waals surface area contributed by atoms with E-state index in [0.29, 0.717) is 13.0 Å². The van der Waals surface area contributed by atoms with Crippen LogP contribution in [0.4, 0.5) is 4.79 Å². The van der Waals surface area contributed by atoms with Crippen LogP contribution in [0.3, 0.4) is 0 Å². The number of hydrogen-bond acceptors (Lipinski definition) is 4. The highest BCUT2D eigenvalue weighted by Gasteiger charge is 2.50. The van der Waals surface area contributed by atoms with Gasteiger partial charge < -0.3 is 14.5 Å². The van der Waals surface area contributed by atoms with Crippen LogP contribution in [0.5, 0.6) is 0 Å². The molecule has 0 aromatic heterocycles. The molecule has 0 aliphatic carbocycles. The Kier molecular flexibility index (Phi) is 5.48. The van der Waals surface area contributed by atoms with Gasteiger partial charge in [0.2, 0.25) is 0 Å². The lowest BCUT2D eigenvalue weighted by Gasteiger charge is -2.43. The van der Waals surface area contributed by atoms with E-state index in [-0.39, 0.29) is 5.04 Å². The zero-order valence-electron chi connectivity index (χ0n) is 15.9. The molecule has 1 fully saturated rings. The van der Waals surface area contributed by atoms with Crippen molar-refractivity contribution in [3.8, 4) is 0 Å². The molecule has 3 rings (SSSR count). The normalized spacial score (nSPS) is 17.5. The van der Waals surface area contributed by atoms with E-state index < -0.39 is 26.4 Å². The van der Waals surface area contributed by atoms with Crippen molar-refractivity contribution in [1.82, 2.24) is 5.32 Å². The highest BCUT2D eigenvalue weighted by atomic mass is 28.4. The Balaban J connectivity index is 1.94. The molecule has 1 aliphatic rings. The molecule has 142 valence electrons. The highest BCUT2D eigenvalue weighted by Crippen LogP contribution is 2.36. The third kappa shape index (κ3) is 3.82. The van der Waals surface area contributed by atoms with Crippen molar-refractivity contribution in [2.24, 2.45) is 0 Å². The maximum Gasteiger partial charge on any atom is 0.415 e. The minimum atomic E-state index is -2.63. The molecule has 5 nitrogen and oxygen atoms in total. The SMILES string of the molecule is CC(C)(C)[Si](OCCC1NC(=O)OC1=O)(c1ccccc1)c1ccccc1. The van der Waals surface area contributed by atoms with Crippen LogP contribution in [0.1, 0.15) is 27.2 Å². The van der Waals surface area contributed by atoms with Gasteiger partial charge in [0.15, 0.2) is 0 Å². The lowest BCUT2D eigenvalue weighted by molar-refractivity contribution is -0.135. The summed E-state index contributed by atoms with van der Waals surface area (Å²) in [6.07, 6.45) is -0.301. The maximum absolute atomic E-state index is 11.7. The summed E-state index contributed by atoms with van der Waals surface area (Å²) >= 11 is 0. The summed E-state index contributed by atoms with van der Waals surface area (Å²) in [6.45, 7) is 6.95. The Morgan fingerprint density at radius 3 is 1.89 bits per heavy atom. The molecule has 0 radical (unpaired) electrons. The van der Waals surface area contributed by atoms with Gasteiger partial charge in [0.05, 0.1) is 0 Å². The smallest absolute Gasteiger partial charge is 0.407 e. The van der Waals surface area contributed by atoms with Crippen LogP contribution in [-0.2, 0) is 14.0 Å². The first-order chi connectivity index (χ1) is 12.8. The Bertz CT molecular complexity index is 762. The first-order valence-electron chi connectivity index (χ1n) is 9.12. The molecule has 2 aromatic rings. The van der Waals surface area contributed by atoms with Crippen LogP contribution in [0.2, 0.25) is 5.04 Å². The average Bonchev–Trinajstić information content (AvgIpc) is 2.96. The second-order valence-electron chi connectivity index (χ2n) is 7.71. The van der Waals surface area contributed by atoms with Crippen LogP contribution in [0.15, 0.2) is 60.7 Å². The molecule has 6 heteroatoms. The van der Waals surface area contributed by atoms with Crippen LogP contribution in [0.25, 0.3) is 0 Å². The van der Waals surface area contributed by atoms with Crippen LogP contribution >= 0.6 is 0 Å².